The Morgan fingerprint density at radius 2 is 1.52 bits per heavy atom. The van der Waals surface area contributed by atoms with Crippen LogP contribution in [0.25, 0.3) is 32.3 Å². The zero-order chi connectivity index (χ0) is 14.6. The van der Waals surface area contributed by atoms with Crippen molar-refractivity contribution in [3.05, 3.63) is 54.1 Å². The van der Waals surface area contributed by atoms with Crippen LogP contribution in [0, 0.1) is 0 Å². The first-order valence-corrected chi connectivity index (χ1v) is 6.74. The van der Waals surface area contributed by atoms with Gasteiger partial charge < -0.3 is 10.5 Å². The summed E-state index contributed by atoms with van der Waals surface area (Å²) in [5, 5.41) is 6.55. The molecular formula is C18H13NO2. The molecule has 0 aromatic heterocycles. The molecular weight excluding hydrogens is 262 g/mol. The maximum absolute atomic E-state index is 11.8. The van der Waals surface area contributed by atoms with E-state index in [1.54, 1.807) is 0 Å². The van der Waals surface area contributed by atoms with Gasteiger partial charge in [0.05, 0.1) is 12.7 Å². The molecule has 0 bridgehead atoms. The van der Waals surface area contributed by atoms with Crippen molar-refractivity contribution in [1.29, 1.82) is 0 Å². The summed E-state index contributed by atoms with van der Waals surface area (Å²) in [4.78, 5) is 11.8. The summed E-state index contributed by atoms with van der Waals surface area (Å²) in [5.41, 5.74) is 7.43. The number of methoxy groups -OCH3 is 1. The number of carbonyl (C=O) groups is 1. The van der Waals surface area contributed by atoms with Crippen molar-refractivity contribution in [1.82, 2.24) is 0 Å². The van der Waals surface area contributed by atoms with Crippen LogP contribution < -0.4 is 5.73 Å². The van der Waals surface area contributed by atoms with Crippen molar-refractivity contribution >= 4 is 44.0 Å². The molecule has 0 unspecified atom stereocenters. The van der Waals surface area contributed by atoms with Gasteiger partial charge in [-0.15, -0.1) is 0 Å². The van der Waals surface area contributed by atoms with Crippen LogP contribution in [0.15, 0.2) is 48.5 Å². The molecule has 0 heterocycles. The van der Waals surface area contributed by atoms with E-state index in [0.717, 1.165) is 38.0 Å². The molecule has 0 aliphatic heterocycles. The fraction of sp³-hybridized carbons (Fsp3) is 0.0556. The molecule has 0 aliphatic carbocycles. The molecule has 0 amide bonds. The summed E-state index contributed by atoms with van der Waals surface area (Å²) in [6, 6.07) is 15.8. The van der Waals surface area contributed by atoms with Gasteiger partial charge in [-0.2, -0.15) is 0 Å². The molecule has 0 spiro atoms. The van der Waals surface area contributed by atoms with Crippen LogP contribution in [-0.2, 0) is 4.74 Å². The molecule has 21 heavy (non-hydrogen) atoms. The summed E-state index contributed by atoms with van der Waals surface area (Å²) < 4.78 is 4.82. The molecule has 0 fully saturated rings. The number of hydrogen-bond acceptors (Lipinski definition) is 3. The molecule has 102 valence electrons. The van der Waals surface area contributed by atoms with E-state index in [9.17, 15) is 4.79 Å². The number of esters is 1. The van der Waals surface area contributed by atoms with Gasteiger partial charge in [-0.05, 0) is 45.1 Å². The lowest BCUT2D eigenvalue weighted by atomic mass is 9.92. The molecule has 4 aromatic rings. The second kappa shape index (κ2) is 4.09. The van der Waals surface area contributed by atoms with Crippen molar-refractivity contribution in [3.8, 4) is 0 Å². The van der Waals surface area contributed by atoms with E-state index in [4.69, 9.17) is 10.5 Å². The smallest absolute Gasteiger partial charge is 0.337 e. The van der Waals surface area contributed by atoms with E-state index in [1.807, 2.05) is 42.5 Å². The molecule has 0 radical (unpaired) electrons. The number of benzene rings is 4. The van der Waals surface area contributed by atoms with Crippen LogP contribution in [0.4, 0.5) is 5.69 Å². The van der Waals surface area contributed by atoms with E-state index in [0.29, 0.717) is 5.56 Å². The van der Waals surface area contributed by atoms with Crippen LogP contribution in [0.3, 0.4) is 0 Å². The maximum atomic E-state index is 11.8. The number of hydrogen-bond donors (Lipinski definition) is 1. The molecule has 3 nitrogen and oxygen atoms in total. The Morgan fingerprint density at radius 1 is 0.905 bits per heavy atom. The van der Waals surface area contributed by atoms with Gasteiger partial charge in [0.25, 0.3) is 0 Å². The Labute approximate surface area is 121 Å². The van der Waals surface area contributed by atoms with Crippen LogP contribution in [0.1, 0.15) is 10.4 Å². The Kier molecular flexibility index (Phi) is 2.33. The summed E-state index contributed by atoms with van der Waals surface area (Å²) in [5.74, 6) is -0.319. The Balaban J connectivity index is 2.23. The highest BCUT2D eigenvalue weighted by molar-refractivity contribution is 6.25. The largest absolute Gasteiger partial charge is 0.465 e. The zero-order valence-electron chi connectivity index (χ0n) is 11.5. The van der Waals surface area contributed by atoms with Crippen molar-refractivity contribution in [2.75, 3.05) is 12.8 Å². The maximum Gasteiger partial charge on any atom is 0.337 e. The normalized spacial score (nSPS) is 11.5. The first kappa shape index (κ1) is 12.0. The second-order valence-corrected chi connectivity index (χ2v) is 5.22. The Morgan fingerprint density at radius 3 is 2.24 bits per heavy atom. The van der Waals surface area contributed by atoms with Gasteiger partial charge in [-0.3, -0.25) is 0 Å². The molecule has 4 rings (SSSR count). The minimum absolute atomic E-state index is 0.319. The van der Waals surface area contributed by atoms with Crippen molar-refractivity contribution in [2.45, 2.75) is 0 Å². The molecule has 4 aromatic carbocycles. The third-order valence-corrected chi connectivity index (χ3v) is 4.05. The van der Waals surface area contributed by atoms with Gasteiger partial charge in [0.1, 0.15) is 0 Å². The third-order valence-electron chi connectivity index (χ3n) is 4.05. The highest BCUT2D eigenvalue weighted by atomic mass is 16.5. The topological polar surface area (TPSA) is 52.3 Å². The second-order valence-electron chi connectivity index (χ2n) is 5.22. The van der Waals surface area contributed by atoms with E-state index in [-0.39, 0.29) is 5.97 Å². The summed E-state index contributed by atoms with van der Waals surface area (Å²) in [6.45, 7) is 0. The van der Waals surface area contributed by atoms with Crippen molar-refractivity contribution in [2.24, 2.45) is 0 Å². The van der Waals surface area contributed by atoms with Crippen molar-refractivity contribution in [3.63, 3.8) is 0 Å². The molecule has 2 N–H and O–H groups in total. The number of carbonyl (C=O) groups excluding carboxylic acids is 1. The first-order chi connectivity index (χ1) is 10.2. The van der Waals surface area contributed by atoms with Gasteiger partial charge in [-0.25, -0.2) is 4.79 Å². The standard InChI is InChI=1S/C18H13NO2/c1-21-18(20)13-8-11-3-2-10-5-7-15(19)14-6-4-12(9-13)16(11)17(10)14/h2-9H,19H2,1H3. The highest BCUT2D eigenvalue weighted by Crippen LogP contribution is 2.37. The third kappa shape index (κ3) is 1.57. The van der Waals surface area contributed by atoms with Gasteiger partial charge in [0.2, 0.25) is 0 Å². The average molecular weight is 275 g/mol. The highest BCUT2D eigenvalue weighted by Gasteiger charge is 2.13. The number of rotatable bonds is 1. The fourth-order valence-electron chi connectivity index (χ4n) is 3.08. The lowest BCUT2D eigenvalue weighted by Gasteiger charge is -2.13. The quantitative estimate of drug-likeness (QED) is 0.325. The van der Waals surface area contributed by atoms with E-state index < -0.39 is 0 Å². The predicted molar refractivity (Wildman–Crippen MR) is 85.9 cm³/mol. The lowest BCUT2D eigenvalue weighted by molar-refractivity contribution is 0.0601. The lowest BCUT2D eigenvalue weighted by Crippen LogP contribution is -2.01. The summed E-state index contributed by atoms with van der Waals surface area (Å²) in [6.07, 6.45) is 0. The van der Waals surface area contributed by atoms with E-state index in [1.165, 1.54) is 7.11 Å². The van der Waals surface area contributed by atoms with Crippen LogP contribution in [-0.4, -0.2) is 13.1 Å². The zero-order valence-corrected chi connectivity index (χ0v) is 11.5. The Hall–Kier alpha value is -2.81. The molecule has 0 atom stereocenters. The minimum atomic E-state index is -0.319. The predicted octanol–water partition coefficient (Wildman–Crippen LogP) is 3.95. The van der Waals surface area contributed by atoms with Gasteiger partial charge >= 0.3 is 5.97 Å². The van der Waals surface area contributed by atoms with Gasteiger partial charge in [0, 0.05) is 11.1 Å². The van der Waals surface area contributed by atoms with Crippen LogP contribution in [0.2, 0.25) is 0 Å². The Bertz CT molecular complexity index is 986. The summed E-state index contributed by atoms with van der Waals surface area (Å²) >= 11 is 0. The fourth-order valence-corrected chi connectivity index (χ4v) is 3.08. The summed E-state index contributed by atoms with van der Waals surface area (Å²) in [7, 11) is 1.40. The molecule has 0 saturated carbocycles. The molecule has 0 saturated heterocycles. The van der Waals surface area contributed by atoms with Crippen LogP contribution in [0.5, 0.6) is 0 Å². The average Bonchev–Trinajstić information content (AvgIpc) is 2.53. The first-order valence-electron chi connectivity index (χ1n) is 6.74. The monoisotopic (exact) mass is 275 g/mol. The minimum Gasteiger partial charge on any atom is -0.465 e. The number of ether oxygens (including phenoxy) is 1. The van der Waals surface area contributed by atoms with E-state index in [2.05, 4.69) is 6.07 Å². The number of nitrogen functional groups attached to an aromatic ring is 1. The SMILES string of the molecule is COC(=O)c1cc2ccc3ccc(N)c4ccc(c1)c2c34. The van der Waals surface area contributed by atoms with Gasteiger partial charge in [-0.1, -0.05) is 30.3 Å². The number of anilines is 1. The molecule has 3 heteroatoms. The number of nitrogens with two attached hydrogens (primary N) is 1. The molecule has 0 aliphatic rings. The van der Waals surface area contributed by atoms with Crippen molar-refractivity contribution < 1.29 is 9.53 Å². The van der Waals surface area contributed by atoms with E-state index >= 15 is 0 Å². The van der Waals surface area contributed by atoms with Crippen LogP contribution >= 0.6 is 0 Å². The van der Waals surface area contributed by atoms with Gasteiger partial charge in [0.15, 0.2) is 0 Å².